The standard InChI is InChI=1S/C41H69NO10/c1-5-6-7-8-9-29(43)25-51-21-20-50-19-18-42-37(47)14-11-30(44)26-52-31-16-17-40(3)28(22-31)23-35(45)39-33-13-12-32(27(2)10-15-38(48)49)41(33,4)36(46)24-34(39)40/h27-28,31-36,39,45-46H,5-26H2,1-4H3,(H,42,47)(H,48,49)/t27-,28+,31?,32-,33?,34?,35-,36+,39+,40+,41-/m1/s1. The number of ketones is 2. The first-order valence-corrected chi connectivity index (χ1v) is 20.5. The third-order valence-electron chi connectivity index (χ3n) is 13.9. The number of carbonyl (C=O) groups excluding carboxylic acids is 3. The Morgan fingerprint density at radius 2 is 1.58 bits per heavy atom. The second-order valence-corrected chi connectivity index (χ2v) is 17.1. The maximum absolute atomic E-state index is 12.6. The number of nitrogens with one attached hydrogen (secondary N) is 1. The number of hydrogen-bond acceptors (Lipinski definition) is 9. The van der Waals surface area contributed by atoms with E-state index in [1.165, 1.54) is 0 Å². The van der Waals surface area contributed by atoms with Gasteiger partial charge in [-0.05, 0) is 104 Å². The lowest BCUT2D eigenvalue weighted by Crippen LogP contribution is -2.62. The zero-order valence-corrected chi connectivity index (χ0v) is 32.5. The second-order valence-electron chi connectivity index (χ2n) is 17.1. The normalized spacial score (nSPS) is 34.5. The maximum Gasteiger partial charge on any atom is 0.303 e. The average Bonchev–Trinajstić information content (AvgIpc) is 3.47. The van der Waals surface area contributed by atoms with Crippen LogP contribution in [0.5, 0.6) is 0 Å². The van der Waals surface area contributed by atoms with Crippen molar-refractivity contribution in [2.75, 3.05) is 39.6 Å². The van der Waals surface area contributed by atoms with Crippen LogP contribution in [0.1, 0.15) is 130 Å². The molecule has 0 radical (unpaired) electrons. The van der Waals surface area contributed by atoms with Gasteiger partial charge in [0.15, 0.2) is 11.6 Å². The molecule has 3 unspecified atom stereocenters. The Hall–Kier alpha value is -1.92. The molecule has 4 aliphatic rings. The van der Waals surface area contributed by atoms with Gasteiger partial charge < -0.3 is 34.8 Å². The van der Waals surface area contributed by atoms with E-state index < -0.39 is 18.2 Å². The molecule has 52 heavy (non-hydrogen) atoms. The predicted octanol–water partition coefficient (Wildman–Crippen LogP) is 5.51. The summed E-state index contributed by atoms with van der Waals surface area (Å²) >= 11 is 0. The number of Topliss-reactive ketones (excluding diaryl/α,β-unsaturated/α-hetero) is 2. The highest BCUT2D eigenvalue weighted by atomic mass is 16.5. The van der Waals surface area contributed by atoms with E-state index in [9.17, 15) is 34.5 Å². The summed E-state index contributed by atoms with van der Waals surface area (Å²) < 4.78 is 16.9. The van der Waals surface area contributed by atoms with E-state index in [-0.39, 0.29) is 102 Å². The lowest BCUT2D eigenvalue weighted by atomic mass is 9.43. The lowest BCUT2D eigenvalue weighted by Gasteiger charge is -2.63. The lowest BCUT2D eigenvalue weighted by molar-refractivity contribution is -0.209. The molecule has 4 N–H and O–H groups in total. The van der Waals surface area contributed by atoms with Gasteiger partial charge in [0.05, 0.1) is 38.1 Å². The molecule has 0 bridgehead atoms. The molecule has 4 fully saturated rings. The van der Waals surface area contributed by atoms with Crippen LogP contribution in [0.2, 0.25) is 0 Å². The van der Waals surface area contributed by atoms with Crippen molar-refractivity contribution in [2.45, 2.75) is 149 Å². The van der Waals surface area contributed by atoms with Crippen LogP contribution >= 0.6 is 0 Å². The van der Waals surface area contributed by atoms with Crippen molar-refractivity contribution in [3.63, 3.8) is 0 Å². The molecule has 11 nitrogen and oxygen atoms in total. The Labute approximate surface area is 311 Å². The molecule has 0 aromatic rings. The first-order chi connectivity index (χ1) is 24.8. The Bertz CT molecular complexity index is 1180. The van der Waals surface area contributed by atoms with E-state index in [2.05, 4.69) is 33.0 Å². The monoisotopic (exact) mass is 735 g/mol. The Morgan fingerprint density at radius 3 is 2.33 bits per heavy atom. The van der Waals surface area contributed by atoms with E-state index in [0.29, 0.717) is 52.0 Å². The SMILES string of the molecule is CCCCCCC(=O)COCCOCCNC(=O)CCC(=O)COC1CC[C@]2(C)C3C[C@H](O)[C@@]4(C)C(CC[C@@H]4[C@H](C)CCC(=O)O)[C@@H]3[C@H](O)C[C@@H]2C1. The van der Waals surface area contributed by atoms with E-state index >= 15 is 0 Å². The van der Waals surface area contributed by atoms with Crippen LogP contribution < -0.4 is 5.32 Å². The Balaban J connectivity index is 1.12. The van der Waals surface area contributed by atoms with E-state index in [1.807, 2.05) is 0 Å². The topological polar surface area (TPSA) is 169 Å². The first kappa shape index (κ1) is 42.8. The molecule has 4 aliphatic carbocycles. The van der Waals surface area contributed by atoms with Gasteiger partial charge in [-0.25, -0.2) is 0 Å². The van der Waals surface area contributed by atoms with Crippen LogP contribution in [0.25, 0.3) is 0 Å². The maximum atomic E-state index is 12.6. The molecule has 4 rings (SSSR count). The van der Waals surface area contributed by atoms with Crippen LogP contribution in [-0.2, 0) is 33.4 Å². The molecule has 11 atom stereocenters. The molecule has 298 valence electrons. The smallest absolute Gasteiger partial charge is 0.303 e. The van der Waals surface area contributed by atoms with Crippen LogP contribution in [0.4, 0.5) is 0 Å². The molecule has 0 saturated heterocycles. The minimum Gasteiger partial charge on any atom is -0.481 e. The minimum atomic E-state index is -0.778. The summed E-state index contributed by atoms with van der Waals surface area (Å²) in [4.78, 5) is 48.0. The first-order valence-electron chi connectivity index (χ1n) is 20.5. The largest absolute Gasteiger partial charge is 0.481 e. The van der Waals surface area contributed by atoms with Gasteiger partial charge in [-0.15, -0.1) is 0 Å². The van der Waals surface area contributed by atoms with Gasteiger partial charge in [0.1, 0.15) is 13.2 Å². The fourth-order valence-electron chi connectivity index (χ4n) is 10.9. The molecule has 0 heterocycles. The van der Waals surface area contributed by atoms with Crippen molar-refractivity contribution < 1.29 is 48.7 Å². The summed E-state index contributed by atoms with van der Waals surface area (Å²) in [5.41, 5.74) is -0.343. The number of carboxylic acid groups (broad SMARTS) is 1. The van der Waals surface area contributed by atoms with Gasteiger partial charge in [-0.2, -0.15) is 0 Å². The summed E-state index contributed by atoms with van der Waals surface area (Å²) in [6.45, 7) is 10.2. The van der Waals surface area contributed by atoms with E-state index in [1.54, 1.807) is 0 Å². The number of carbonyl (C=O) groups is 4. The number of amides is 1. The average molecular weight is 736 g/mol. The summed E-state index contributed by atoms with van der Waals surface area (Å²) in [5, 5.41) is 35.5. The number of aliphatic hydroxyl groups is 2. The third kappa shape index (κ3) is 10.9. The Kier molecular flexibility index (Phi) is 16.6. The number of carboxylic acids is 1. The zero-order chi connectivity index (χ0) is 37.9. The van der Waals surface area contributed by atoms with Gasteiger partial charge in [0, 0.05) is 32.2 Å². The molecular formula is C41H69NO10. The molecule has 0 aromatic carbocycles. The minimum absolute atomic E-state index is 0.0233. The third-order valence-corrected chi connectivity index (χ3v) is 13.9. The van der Waals surface area contributed by atoms with Crippen molar-refractivity contribution in [3.8, 4) is 0 Å². The number of ether oxygens (including phenoxy) is 3. The quantitative estimate of drug-likeness (QED) is 0.0983. The molecule has 0 spiro atoms. The van der Waals surface area contributed by atoms with Gasteiger partial charge in [-0.3, -0.25) is 19.2 Å². The fraction of sp³-hybridized carbons (Fsp3) is 0.902. The number of fused-ring (bicyclic) bond motifs is 5. The molecular weight excluding hydrogens is 666 g/mol. The zero-order valence-electron chi connectivity index (χ0n) is 32.5. The molecule has 1 amide bonds. The summed E-state index contributed by atoms with van der Waals surface area (Å²) in [5.74, 6) is 0.263. The summed E-state index contributed by atoms with van der Waals surface area (Å²) in [6.07, 6.45) is 10.6. The van der Waals surface area contributed by atoms with Crippen LogP contribution in [0, 0.1) is 46.3 Å². The number of unbranched alkanes of at least 4 members (excludes halogenated alkanes) is 3. The van der Waals surface area contributed by atoms with Crippen molar-refractivity contribution in [1.29, 1.82) is 0 Å². The second kappa shape index (κ2) is 20.1. The van der Waals surface area contributed by atoms with Gasteiger partial charge in [0.2, 0.25) is 5.91 Å². The van der Waals surface area contributed by atoms with Gasteiger partial charge in [0.25, 0.3) is 0 Å². The van der Waals surface area contributed by atoms with Crippen LogP contribution in [0.15, 0.2) is 0 Å². The molecule has 0 aliphatic heterocycles. The predicted molar refractivity (Wildman–Crippen MR) is 196 cm³/mol. The molecule has 4 saturated carbocycles. The summed E-state index contributed by atoms with van der Waals surface area (Å²) in [6, 6.07) is 0. The van der Waals surface area contributed by atoms with Gasteiger partial charge in [-0.1, -0.05) is 47.0 Å². The Morgan fingerprint density at radius 1 is 0.827 bits per heavy atom. The highest BCUT2D eigenvalue weighted by molar-refractivity contribution is 5.85. The fourth-order valence-corrected chi connectivity index (χ4v) is 10.9. The van der Waals surface area contributed by atoms with Crippen LogP contribution in [0.3, 0.4) is 0 Å². The van der Waals surface area contributed by atoms with Gasteiger partial charge >= 0.3 is 5.97 Å². The van der Waals surface area contributed by atoms with E-state index in [4.69, 9.17) is 14.2 Å². The van der Waals surface area contributed by atoms with Crippen molar-refractivity contribution in [2.24, 2.45) is 46.3 Å². The summed E-state index contributed by atoms with van der Waals surface area (Å²) in [7, 11) is 0. The molecule has 11 heteroatoms. The van der Waals surface area contributed by atoms with E-state index in [0.717, 1.165) is 57.8 Å². The number of hydrogen-bond donors (Lipinski definition) is 4. The van der Waals surface area contributed by atoms with Crippen LogP contribution in [-0.4, -0.2) is 96.7 Å². The number of rotatable bonds is 23. The number of aliphatic hydroxyl groups excluding tert-OH is 2. The highest BCUT2D eigenvalue weighted by Gasteiger charge is 2.65. The number of aliphatic carboxylic acids is 1. The molecule has 0 aromatic heterocycles. The van der Waals surface area contributed by atoms with Crippen molar-refractivity contribution in [1.82, 2.24) is 5.32 Å². The van der Waals surface area contributed by atoms with Crippen molar-refractivity contribution >= 4 is 23.4 Å². The highest BCUT2D eigenvalue weighted by Crippen LogP contribution is 2.68. The van der Waals surface area contributed by atoms with Crippen molar-refractivity contribution in [3.05, 3.63) is 0 Å².